The number of hydrogen-bond donors (Lipinski definition) is 0. The third-order valence-electron chi connectivity index (χ3n) is 3.39. The topological polar surface area (TPSA) is 0 Å². The minimum atomic E-state index is 1.02. The lowest BCUT2D eigenvalue weighted by Crippen LogP contribution is -2.14. The van der Waals surface area contributed by atoms with Crippen molar-refractivity contribution in [2.75, 3.05) is 0 Å². The summed E-state index contributed by atoms with van der Waals surface area (Å²) in [7, 11) is 0. The van der Waals surface area contributed by atoms with Gasteiger partial charge in [-0.1, -0.05) is 13.8 Å². The van der Waals surface area contributed by atoms with Gasteiger partial charge in [0.05, 0.1) is 0 Å². The summed E-state index contributed by atoms with van der Waals surface area (Å²) in [6.45, 7) is 4.83. The number of fused-ring (bicyclic) bond motifs is 1. The first-order valence-corrected chi connectivity index (χ1v) is 4.27. The van der Waals surface area contributed by atoms with Crippen molar-refractivity contribution >= 4 is 0 Å². The summed E-state index contributed by atoms with van der Waals surface area (Å²) in [6.07, 6.45) is 4.63. The highest BCUT2D eigenvalue weighted by Gasteiger charge is 2.43. The first kappa shape index (κ1) is 5.76. The Morgan fingerprint density at radius 1 is 0.778 bits per heavy atom. The van der Waals surface area contributed by atoms with Crippen LogP contribution in [0.5, 0.6) is 0 Å². The quantitative estimate of drug-likeness (QED) is 0.465. The van der Waals surface area contributed by atoms with Crippen molar-refractivity contribution in [1.82, 2.24) is 0 Å². The molecule has 0 aromatic heterocycles. The minimum Gasteiger partial charge on any atom is -0.0622 e. The van der Waals surface area contributed by atoms with E-state index in [1.165, 1.54) is 12.8 Å². The molecule has 4 unspecified atom stereocenters. The van der Waals surface area contributed by atoms with Crippen LogP contribution in [0.3, 0.4) is 0 Å². The molecule has 0 bridgehead atoms. The molecule has 0 saturated heterocycles. The lowest BCUT2D eigenvalue weighted by molar-refractivity contribution is 0.265. The van der Waals surface area contributed by atoms with Crippen molar-refractivity contribution in [1.29, 1.82) is 0 Å². The van der Waals surface area contributed by atoms with Gasteiger partial charge in [-0.2, -0.15) is 0 Å². The Morgan fingerprint density at radius 3 is 1.67 bits per heavy atom. The average molecular weight is 124 g/mol. The van der Waals surface area contributed by atoms with E-state index >= 15 is 0 Å². The van der Waals surface area contributed by atoms with Crippen LogP contribution in [0.1, 0.15) is 33.1 Å². The van der Waals surface area contributed by atoms with Gasteiger partial charge in [-0.05, 0) is 42.9 Å². The van der Waals surface area contributed by atoms with Crippen molar-refractivity contribution < 1.29 is 0 Å². The third kappa shape index (κ3) is 0.889. The molecule has 4 atom stereocenters. The van der Waals surface area contributed by atoms with Gasteiger partial charge in [-0.15, -0.1) is 0 Å². The van der Waals surface area contributed by atoms with Gasteiger partial charge in [-0.3, -0.25) is 0 Å². The fourth-order valence-corrected chi connectivity index (χ4v) is 2.31. The van der Waals surface area contributed by atoms with Crippen molar-refractivity contribution in [3.8, 4) is 0 Å². The molecule has 0 heterocycles. The van der Waals surface area contributed by atoms with E-state index in [0.717, 1.165) is 23.7 Å². The first-order chi connectivity index (χ1) is 4.27. The highest BCUT2D eigenvalue weighted by atomic mass is 14.5. The molecule has 0 amide bonds. The second-order valence-electron chi connectivity index (χ2n) is 4.18. The predicted molar refractivity (Wildman–Crippen MR) is 39.2 cm³/mol. The van der Waals surface area contributed by atoms with E-state index in [9.17, 15) is 0 Å². The van der Waals surface area contributed by atoms with Gasteiger partial charge in [0.15, 0.2) is 0 Å². The summed E-state index contributed by atoms with van der Waals surface area (Å²) in [5.41, 5.74) is 0. The fraction of sp³-hybridized carbons (Fsp3) is 1.00. The zero-order valence-corrected chi connectivity index (χ0v) is 6.43. The predicted octanol–water partition coefficient (Wildman–Crippen LogP) is 2.69. The fourth-order valence-electron chi connectivity index (χ4n) is 2.31. The summed E-state index contributed by atoms with van der Waals surface area (Å²) < 4.78 is 0. The van der Waals surface area contributed by atoms with E-state index in [2.05, 4.69) is 13.8 Å². The van der Waals surface area contributed by atoms with Crippen molar-refractivity contribution in [2.24, 2.45) is 23.7 Å². The van der Waals surface area contributed by atoms with E-state index < -0.39 is 0 Å². The molecule has 2 aliphatic rings. The third-order valence-corrected chi connectivity index (χ3v) is 3.39. The normalized spacial score (nSPS) is 56.7. The molecular formula is C9H16. The smallest absolute Gasteiger partial charge is 0.0380 e. The molecule has 2 aliphatic carbocycles. The van der Waals surface area contributed by atoms with Gasteiger partial charge in [0.1, 0.15) is 0 Å². The molecule has 2 rings (SSSR count). The summed E-state index contributed by atoms with van der Waals surface area (Å²) >= 11 is 0. The molecule has 0 nitrogen and oxygen atoms in total. The SMILES string of the molecule is CC1CC2CC2CC1C. The molecule has 52 valence electrons. The second-order valence-corrected chi connectivity index (χ2v) is 4.18. The number of hydrogen-bond acceptors (Lipinski definition) is 0. The Balaban J connectivity index is 1.98. The Labute approximate surface area is 57.6 Å². The molecule has 0 radical (unpaired) electrons. The summed E-state index contributed by atoms with van der Waals surface area (Å²) in [5.74, 6) is 4.37. The lowest BCUT2D eigenvalue weighted by atomic mass is 9.82. The standard InChI is InChI=1S/C9H16/c1-6-3-8-5-9(8)4-7(6)2/h6-9H,3-5H2,1-2H3. The highest BCUT2D eigenvalue weighted by molar-refractivity contribution is 4.93. The van der Waals surface area contributed by atoms with Crippen LogP contribution in [0, 0.1) is 23.7 Å². The maximum absolute atomic E-state index is 2.42. The van der Waals surface area contributed by atoms with E-state index in [4.69, 9.17) is 0 Å². The van der Waals surface area contributed by atoms with Gasteiger partial charge in [0.25, 0.3) is 0 Å². The molecule has 0 heteroatoms. The Morgan fingerprint density at radius 2 is 1.22 bits per heavy atom. The van der Waals surface area contributed by atoms with E-state index in [-0.39, 0.29) is 0 Å². The Kier molecular flexibility index (Phi) is 1.12. The second kappa shape index (κ2) is 1.74. The van der Waals surface area contributed by atoms with Crippen LogP contribution in [-0.2, 0) is 0 Å². The molecule has 0 N–H and O–H groups in total. The van der Waals surface area contributed by atoms with Gasteiger partial charge < -0.3 is 0 Å². The van der Waals surface area contributed by atoms with Crippen LogP contribution in [0.15, 0.2) is 0 Å². The molecule has 0 aromatic rings. The van der Waals surface area contributed by atoms with E-state index in [1.807, 2.05) is 0 Å². The maximum Gasteiger partial charge on any atom is -0.0380 e. The van der Waals surface area contributed by atoms with Gasteiger partial charge in [0, 0.05) is 0 Å². The average Bonchev–Trinajstić information content (AvgIpc) is 2.46. The molecule has 0 spiro atoms. The monoisotopic (exact) mass is 124 g/mol. The van der Waals surface area contributed by atoms with Crippen LogP contribution in [0.4, 0.5) is 0 Å². The molecule has 0 aromatic carbocycles. The van der Waals surface area contributed by atoms with Crippen LogP contribution in [0.2, 0.25) is 0 Å². The largest absolute Gasteiger partial charge is 0.0622 e. The molecule has 0 aliphatic heterocycles. The maximum atomic E-state index is 2.42. The van der Waals surface area contributed by atoms with Crippen LogP contribution >= 0.6 is 0 Å². The van der Waals surface area contributed by atoms with Gasteiger partial charge in [-0.25, -0.2) is 0 Å². The van der Waals surface area contributed by atoms with E-state index in [1.54, 1.807) is 6.42 Å². The van der Waals surface area contributed by atoms with Crippen LogP contribution < -0.4 is 0 Å². The number of rotatable bonds is 0. The van der Waals surface area contributed by atoms with Crippen LogP contribution in [0.25, 0.3) is 0 Å². The Hall–Kier alpha value is 0. The minimum absolute atomic E-state index is 1.02. The van der Waals surface area contributed by atoms with Gasteiger partial charge in [0.2, 0.25) is 0 Å². The zero-order valence-electron chi connectivity index (χ0n) is 6.43. The molecular weight excluding hydrogens is 108 g/mol. The Bertz CT molecular complexity index is 103. The zero-order chi connectivity index (χ0) is 6.43. The molecule has 9 heavy (non-hydrogen) atoms. The highest BCUT2D eigenvalue weighted by Crippen LogP contribution is 2.53. The van der Waals surface area contributed by atoms with E-state index in [0.29, 0.717) is 0 Å². The summed E-state index contributed by atoms with van der Waals surface area (Å²) in [4.78, 5) is 0. The lowest BCUT2D eigenvalue weighted by Gasteiger charge is -2.24. The summed E-state index contributed by atoms with van der Waals surface area (Å²) in [5, 5.41) is 0. The first-order valence-electron chi connectivity index (χ1n) is 4.27. The summed E-state index contributed by atoms with van der Waals surface area (Å²) in [6, 6.07) is 0. The van der Waals surface area contributed by atoms with Crippen molar-refractivity contribution in [2.45, 2.75) is 33.1 Å². The van der Waals surface area contributed by atoms with Crippen molar-refractivity contribution in [3.05, 3.63) is 0 Å². The van der Waals surface area contributed by atoms with Gasteiger partial charge >= 0.3 is 0 Å². The van der Waals surface area contributed by atoms with Crippen molar-refractivity contribution in [3.63, 3.8) is 0 Å². The van der Waals surface area contributed by atoms with Crippen LogP contribution in [-0.4, -0.2) is 0 Å². The molecule has 2 fully saturated rings. The molecule has 2 saturated carbocycles.